The lowest BCUT2D eigenvalue weighted by atomic mass is 10.0. The van der Waals surface area contributed by atoms with E-state index in [2.05, 4.69) is 0 Å². The van der Waals surface area contributed by atoms with Gasteiger partial charge in [-0.05, 0) is 30.2 Å². The standard InChI is InChI=1S/C22H26FN3O5S/c23-21-13-18(6-7-20(21)16-4-2-1-3-5-16)25-8-10-26(11-9-25)32(29,30)19-12-17(14-31-15-19)22(27)24-28/h1-7,13,17,19,28H,8-12,14-15H2,(H,24,27). The molecule has 8 nitrogen and oxygen atoms in total. The number of hydrogen-bond acceptors (Lipinski definition) is 6. The molecule has 0 saturated carbocycles. The van der Waals surface area contributed by atoms with Gasteiger partial charge in [-0.15, -0.1) is 0 Å². The van der Waals surface area contributed by atoms with Crippen LogP contribution < -0.4 is 10.4 Å². The minimum Gasteiger partial charge on any atom is -0.379 e. The molecule has 2 aliphatic heterocycles. The Morgan fingerprint density at radius 3 is 2.44 bits per heavy atom. The van der Waals surface area contributed by atoms with Crippen molar-refractivity contribution in [3.05, 3.63) is 54.3 Å². The van der Waals surface area contributed by atoms with Gasteiger partial charge in [0.25, 0.3) is 0 Å². The van der Waals surface area contributed by atoms with Gasteiger partial charge in [-0.3, -0.25) is 10.0 Å². The molecule has 10 heteroatoms. The van der Waals surface area contributed by atoms with E-state index in [4.69, 9.17) is 9.94 Å². The highest BCUT2D eigenvalue weighted by atomic mass is 32.2. The van der Waals surface area contributed by atoms with Crippen LogP contribution in [0.25, 0.3) is 11.1 Å². The average molecular weight is 464 g/mol. The van der Waals surface area contributed by atoms with Crippen LogP contribution in [0.1, 0.15) is 6.42 Å². The maximum Gasteiger partial charge on any atom is 0.248 e. The first-order valence-electron chi connectivity index (χ1n) is 10.5. The third kappa shape index (κ3) is 4.63. The highest BCUT2D eigenvalue weighted by molar-refractivity contribution is 7.89. The molecule has 2 aliphatic rings. The van der Waals surface area contributed by atoms with Crippen LogP contribution in [0.3, 0.4) is 0 Å². The summed E-state index contributed by atoms with van der Waals surface area (Å²) in [6, 6.07) is 14.4. The van der Waals surface area contributed by atoms with Gasteiger partial charge >= 0.3 is 0 Å². The smallest absolute Gasteiger partial charge is 0.248 e. The van der Waals surface area contributed by atoms with Crippen LogP contribution in [-0.4, -0.2) is 68.5 Å². The van der Waals surface area contributed by atoms with Crippen molar-refractivity contribution in [3.8, 4) is 11.1 Å². The number of carbonyl (C=O) groups is 1. The van der Waals surface area contributed by atoms with Crippen LogP contribution in [0, 0.1) is 11.7 Å². The molecular formula is C22H26FN3O5S. The molecular weight excluding hydrogens is 437 g/mol. The second-order valence-corrected chi connectivity index (χ2v) is 10.2. The Balaban J connectivity index is 1.40. The van der Waals surface area contributed by atoms with Crippen molar-refractivity contribution in [3.63, 3.8) is 0 Å². The molecule has 172 valence electrons. The molecule has 2 saturated heterocycles. The number of carbonyl (C=O) groups excluding carboxylic acids is 1. The Labute approximate surface area is 186 Å². The fourth-order valence-electron chi connectivity index (χ4n) is 4.24. The Morgan fingerprint density at radius 1 is 1.06 bits per heavy atom. The quantitative estimate of drug-likeness (QED) is 0.519. The van der Waals surface area contributed by atoms with Gasteiger partial charge in [0.05, 0.1) is 24.4 Å². The van der Waals surface area contributed by atoms with Crippen molar-refractivity contribution < 1.29 is 27.5 Å². The lowest BCUT2D eigenvalue weighted by Gasteiger charge is -2.38. The van der Waals surface area contributed by atoms with Crippen LogP contribution in [0.5, 0.6) is 0 Å². The molecule has 2 aromatic carbocycles. The minimum atomic E-state index is -3.67. The van der Waals surface area contributed by atoms with E-state index in [0.29, 0.717) is 24.3 Å². The Bertz CT molecular complexity index is 1060. The van der Waals surface area contributed by atoms with E-state index < -0.39 is 27.1 Å². The van der Waals surface area contributed by atoms with Crippen molar-refractivity contribution in [1.29, 1.82) is 0 Å². The number of hydrogen-bond donors (Lipinski definition) is 2. The summed E-state index contributed by atoms with van der Waals surface area (Å²) < 4.78 is 47.6. The number of benzene rings is 2. The van der Waals surface area contributed by atoms with E-state index in [1.165, 1.54) is 10.4 Å². The molecule has 4 rings (SSSR count). The van der Waals surface area contributed by atoms with Gasteiger partial charge in [0.1, 0.15) is 5.82 Å². The summed E-state index contributed by atoms with van der Waals surface area (Å²) in [6.45, 7) is 1.48. The minimum absolute atomic E-state index is 0.0178. The molecule has 0 aliphatic carbocycles. The molecule has 2 heterocycles. The molecule has 0 spiro atoms. The number of halogens is 1. The van der Waals surface area contributed by atoms with Crippen molar-refractivity contribution in [1.82, 2.24) is 9.79 Å². The van der Waals surface area contributed by atoms with Gasteiger partial charge in [0, 0.05) is 37.4 Å². The van der Waals surface area contributed by atoms with Crippen molar-refractivity contribution in [2.45, 2.75) is 11.7 Å². The molecule has 2 unspecified atom stereocenters. The summed E-state index contributed by atoms with van der Waals surface area (Å²) in [6.07, 6.45) is 0.0983. The number of ether oxygens (including phenoxy) is 1. The first-order chi connectivity index (χ1) is 15.4. The van der Waals surface area contributed by atoms with E-state index >= 15 is 0 Å². The first kappa shape index (κ1) is 22.7. The second-order valence-electron chi connectivity index (χ2n) is 8.03. The molecule has 0 aromatic heterocycles. The Kier molecular flexibility index (Phi) is 6.75. The summed E-state index contributed by atoms with van der Waals surface area (Å²) in [4.78, 5) is 13.6. The predicted octanol–water partition coefficient (Wildman–Crippen LogP) is 1.86. The van der Waals surface area contributed by atoms with Gasteiger partial charge in [0.15, 0.2) is 0 Å². The SMILES string of the molecule is O=C(NO)C1COCC(S(=O)(=O)N2CCN(c3ccc(-c4ccccc4)c(F)c3)CC2)C1. The highest BCUT2D eigenvalue weighted by Gasteiger charge is 2.39. The number of amides is 1. The topological polar surface area (TPSA) is 99.2 Å². The molecule has 2 aromatic rings. The maximum absolute atomic E-state index is 14.7. The number of nitrogens with zero attached hydrogens (tertiary/aromatic N) is 2. The number of hydroxylamine groups is 1. The molecule has 32 heavy (non-hydrogen) atoms. The lowest BCUT2D eigenvalue weighted by molar-refractivity contribution is -0.137. The predicted molar refractivity (Wildman–Crippen MR) is 117 cm³/mol. The average Bonchev–Trinajstić information content (AvgIpc) is 2.84. The first-order valence-corrected chi connectivity index (χ1v) is 12.0. The Morgan fingerprint density at radius 2 is 1.78 bits per heavy atom. The molecule has 2 N–H and O–H groups in total. The largest absolute Gasteiger partial charge is 0.379 e. The highest BCUT2D eigenvalue weighted by Crippen LogP contribution is 2.29. The molecule has 0 bridgehead atoms. The summed E-state index contributed by atoms with van der Waals surface area (Å²) >= 11 is 0. The summed E-state index contributed by atoms with van der Waals surface area (Å²) in [5.74, 6) is -1.67. The zero-order valence-corrected chi connectivity index (χ0v) is 18.3. The zero-order valence-electron chi connectivity index (χ0n) is 17.5. The van der Waals surface area contributed by atoms with Crippen LogP contribution >= 0.6 is 0 Å². The third-order valence-electron chi connectivity index (χ3n) is 6.07. The molecule has 2 fully saturated rings. The zero-order chi connectivity index (χ0) is 22.7. The van der Waals surface area contributed by atoms with Crippen LogP contribution in [0.4, 0.5) is 10.1 Å². The van der Waals surface area contributed by atoms with E-state index in [0.717, 1.165) is 5.56 Å². The Hall–Kier alpha value is -2.53. The molecule has 0 radical (unpaired) electrons. The van der Waals surface area contributed by atoms with Crippen LogP contribution in [-0.2, 0) is 19.6 Å². The number of rotatable bonds is 5. The number of sulfonamides is 1. The van der Waals surface area contributed by atoms with Crippen LogP contribution in [0.2, 0.25) is 0 Å². The third-order valence-corrected chi connectivity index (χ3v) is 8.33. The van der Waals surface area contributed by atoms with Crippen molar-refractivity contribution in [2.75, 3.05) is 44.3 Å². The second kappa shape index (κ2) is 9.53. The van der Waals surface area contributed by atoms with Gasteiger partial charge in [-0.1, -0.05) is 30.3 Å². The van der Waals surface area contributed by atoms with Gasteiger partial charge in [0.2, 0.25) is 15.9 Å². The molecule has 2 atom stereocenters. The normalized spacial score (nSPS) is 22.5. The van der Waals surface area contributed by atoms with Crippen molar-refractivity contribution >= 4 is 21.6 Å². The van der Waals surface area contributed by atoms with E-state index in [9.17, 15) is 17.6 Å². The van der Waals surface area contributed by atoms with E-state index in [-0.39, 0.29) is 38.5 Å². The lowest BCUT2D eigenvalue weighted by Crippen LogP contribution is -2.53. The van der Waals surface area contributed by atoms with Gasteiger partial charge in [-0.2, -0.15) is 4.31 Å². The van der Waals surface area contributed by atoms with E-state index in [1.54, 1.807) is 11.5 Å². The number of anilines is 1. The van der Waals surface area contributed by atoms with Crippen LogP contribution in [0.15, 0.2) is 48.5 Å². The fourth-order valence-corrected chi connectivity index (χ4v) is 6.08. The van der Waals surface area contributed by atoms with E-state index in [1.807, 2.05) is 41.3 Å². The monoisotopic (exact) mass is 463 g/mol. The fraction of sp³-hybridized carbons (Fsp3) is 0.409. The van der Waals surface area contributed by atoms with Gasteiger partial charge < -0.3 is 9.64 Å². The summed E-state index contributed by atoms with van der Waals surface area (Å²) in [5, 5.41) is 7.98. The number of piperazine rings is 1. The van der Waals surface area contributed by atoms with Gasteiger partial charge in [-0.25, -0.2) is 18.3 Å². The summed E-state index contributed by atoms with van der Waals surface area (Å²) in [5.41, 5.74) is 3.60. The maximum atomic E-state index is 14.7. The molecule has 1 amide bonds. The summed E-state index contributed by atoms with van der Waals surface area (Å²) in [7, 11) is -3.67. The van der Waals surface area contributed by atoms with Crippen molar-refractivity contribution in [2.24, 2.45) is 5.92 Å². The number of nitrogens with one attached hydrogen (secondary N) is 1.